The zero-order valence-corrected chi connectivity index (χ0v) is 14.9. The lowest BCUT2D eigenvalue weighted by Gasteiger charge is -2.63. The van der Waals surface area contributed by atoms with Crippen LogP contribution in [0.1, 0.15) is 0 Å². The van der Waals surface area contributed by atoms with Crippen LogP contribution >= 0.6 is 0 Å². The van der Waals surface area contributed by atoms with Crippen LogP contribution in [0.25, 0.3) is 0 Å². The summed E-state index contributed by atoms with van der Waals surface area (Å²) in [7, 11) is 2.79. The number of allylic oxidation sites excluding steroid dienone is 6. The van der Waals surface area contributed by atoms with Gasteiger partial charge in [0.1, 0.15) is 0 Å². The molecule has 2 unspecified atom stereocenters. The predicted octanol–water partition coefficient (Wildman–Crippen LogP) is 2.54. The molecular formula is C22H22O4. The normalized spacial score (nSPS) is 50.4. The molecule has 134 valence electrons. The van der Waals surface area contributed by atoms with Gasteiger partial charge in [-0.15, -0.1) is 0 Å². The fourth-order valence-corrected chi connectivity index (χ4v) is 7.25. The third kappa shape index (κ3) is 1.54. The minimum absolute atomic E-state index is 0.00782. The fourth-order valence-electron chi connectivity index (χ4n) is 7.25. The van der Waals surface area contributed by atoms with E-state index in [1.165, 1.54) is 14.2 Å². The van der Waals surface area contributed by atoms with Crippen molar-refractivity contribution < 1.29 is 19.1 Å². The van der Waals surface area contributed by atoms with E-state index in [-0.39, 0.29) is 23.8 Å². The first-order chi connectivity index (χ1) is 12.7. The number of rotatable bonds is 2. The van der Waals surface area contributed by atoms with E-state index in [0.717, 1.165) is 5.92 Å². The highest BCUT2D eigenvalue weighted by Gasteiger charge is 2.71. The molecule has 0 N–H and O–H groups in total. The second kappa shape index (κ2) is 4.79. The quantitative estimate of drug-likeness (QED) is 0.567. The van der Waals surface area contributed by atoms with Crippen molar-refractivity contribution in [3.8, 4) is 0 Å². The summed E-state index contributed by atoms with van der Waals surface area (Å²) in [5.74, 6) is 3.87. The lowest BCUT2D eigenvalue weighted by molar-refractivity contribution is -0.147. The molecule has 0 heterocycles. The van der Waals surface area contributed by atoms with Crippen LogP contribution in [0, 0.1) is 59.2 Å². The molecule has 0 amide bonds. The van der Waals surface area contributed by atoms with Crippen molar-refractivity contribution >= 4 is 11.9 Å². The summed E-state index contributed by atoms with van der Waals surface area (Å²) < 4.78 is 10.1. The molecule has 0 saturated heterocycles. The molecule has 0 aromatic carbocycles. The molecule has 8 aliphatic rings. The number of methoxy groups -OCH3 is 2. The largest absolute Gasteiger partial charge is 0.466 e. The lowest BCUT2D eigenvalue weighted by atomic mass is 9.40. The molecule has 4 nitrogen and oxygen atoms in total. The van der Waals surface area contributed by atoms with Gasteiger partial charge in [-0.1, -0.05) is 36.5 Å². The minimum atomic E-state index is -0.375. The highest BCUT2D eigenvalue weighted by atomic mass is 16.5. The molecule has 8 rings (SSSR count). The first-order valence-corrected chi connectivity index (χ1v) is 9.63. The zero-order valence-electron chi connectivity index (χ0n) is 14.9. The highest BCUT2D eigenvalue weighted by Crippen LogP contribution is 2.74. The van der Waals surface area contributed by atoms with E-state index < -0.39 is 0 Å². The molecule has 0 aromatic heterocycles. The Kier molecular flexibility index (Phi) is 2.76. The van der Waals surface area contributed by atoms with Crippen molar-refractivity contribution in [2.75, 3.05) is 14.2 Å². The lowest BCUT2D eigenvalue weighted by Crippen LogP contribution is -2.61. The predicted molar refractivity (Wildman–Crippen MR) is 93.4 cm³/mol. The topological polar surface area (TPSA) is 52.6 Å². The molecule has 8 aliphatic carbocycles. The zero-order chi connectivity index (χ0) is 17.7. The maximum atomic E-state index is 12.6. The summed E-state index contributed by atoms with van der Waals surface area (Å²) in [5, 5.41) is 0. The molecule has 2 saturated carbocycles. The monoisotopic (exact) mass is 350 g/mol. The van der Waals surface area contributed by atoms with Crippen LogP contribution in [0.15, 0.2) is 47.6 Å². The van der Waals surface area contributed by atoms with Crippen LogP contribution in [-0.2, 0) is 19.1 Å². The number of esters is 2. The van der Waals surface area contributed by atoms with E-state index in [1.807, 2.05) is 0 Å². The van der Waals surface area contributed by atoms with Crippen LogP contribution in [-0.4, -0.2) is 26.2 Å². The SMILES string of the molecule is COC(=O)C1=C(C(=O)OC)[C@H]2C=C[C@H]1[C@@H]1[C@@H]3C4C=C[C@@H]5C([C@@H]3[C@@H]12)[C@@H]5C=C4. The number of carbonyl (C=O) groups excluding carboxylic acids is 2. The van der Waals surface area contributed by atoms with E-state index in [0.29, 0.717) is 52.6 Å². The third-order valence-corrected chi connectivity index (χ3v) is 8.09. The Morgan fingerprint density at radius 3 is 1.65 bits per heavy atom. The average molecular weight is 350 g/mol. The molecule has 0 spiro atoms. The Bertz CT molecular complexity index is 826. The molecule has 26 heavy (non-hydrogen) atoms. The Morgan fingerprint density at radius 1 is 0.654 bits per heavy atom. The van der Waals surface area contributed by atoms with Crippen molar-refractivity contribution in [2.45, 2.75) is 0 Å². The number of hydrogen-bond donors (Lipinski definition) is 0. The van der Waals surface area contributed by atoms with Gasteiger partial charge in [0.15, 0.2) is 0 Å². The van der Waals surface area contributed by atoms with E-state index in [4.69, 9.17) is 9.47 Å². The molecule has 0 aromatic rings. The van der Waals surface area contributed by atoms with Gasteiger partial charge in [0.2, 0.25) is 0 Å². The standard InChI is InChI=1S/C22H22O4/c1-25-21(23)18-12-7-8-13(19(18)22(24)26-2)17-16(12)14-9-3-5-10-11(6-4-9)15(10)20(14)17/h3-17,20H,1-2H3/t9?,10-,11+,12-,13-,14-,15?,16+,17+,20+/m0/s1. The van der Waals surface area contributed by atoms with Gasteiger partial charge in [-0.3, -0.25) is 0 Å². The Labute approximate surface area is 152 Å². The van der Waals surface area contributed by atoms with Gasteiger partial charge in [-0.05, 0) is 47.3 Å². The van der Waals surface area contributed by atoms with Gasteiger partial charge < -0.3 is 9.47 Å². The van der Waals surface area contributed by atoms with Crippen molar-refractivity contribution in [1.29, 1.82) is 0 Å². The molecule has 6 bridgehead atoms. The molecule has 4 heteroatoms. The van der Waals surface area contributed by atoms with Gasteiger partial charge in [0.05, 0.1) is 25.4 Å². The average Bonchev–Trinajstić information content (AvgIpc) is 3.39. The van der Waals surface area contributed by atoms with Gasteiger partial charge >= 0.3 is 11.9 Å². The number of ether oxygens (including phenoxy) is 2. The van der Waals surface area contributed by atoms with Crippen molar-refractivity contribution in [3.05, 3.63) is 47.6 Å². The van der Waals surface area contributed by atoms with Crippen LogP contribution < -0.4 is 0 Å². The van der Waals surface area contributed by atoms with E-state index in [2.05, 4.69) is 36.5 Å². The molecule has 0 aliphatic heterocycles. The highest BCUT2D eigenvalue weighted by molar-refractivity contribution is 6.02. The number of hydrogen-bond acceptors (Lipinski definition) is 4. The third-order valence-electron chi connectivity index (χ3n) is 8.09. The van der Waals surface area contributed by atoms with Crippen LogP contribution in [0.4, 0.5) is 0 Å². The minimum Gasteiger partial charge on any atom is -0.466 e. The van der Waals surface area contributed by atoms with Crippen LogP contribution in [0.2, 0.25) is 0 Å². The Balaban J connectivity index is 1.49. The van der Waals surface area contributed by atoms with Gasteiger partial charge in [-0.2, -0.15) is 0 Å². The summed E-state index contributed by atoms with van der Waals surface area (Å²) in [6.07, 6.45) is 14.0. The summed E-state index contributed by atoms with van der Waals surface area (Å²) in [6, 6.07) is 0. The first kappa shape index (κ1) is 15.0. The Hall–Kier alpha value is -2.10. The van der Waals surface area contributed by atoms with Crippen molar-refractivity contribution in [1.82, 2.24) is 0 Å². The molecule has 0 radical (unpaired) electrons. The summed E-state index contributed by atoms with van der Waals surface area (Å²) >= 11 is 0. The van der Waals surface area contributed by atoms with E-state index in [1.54, 1.807) is 0 Å². The van der Waals surface area contributed by atoms with Gasteiger partial charge in [0, 0.05) is 11.8 Å². The van der Waals surface area contributed by atoms with Crippen molar-refractivity contribution in [2.24, 2.45) is 59.2 Å². The van der Waals surface area contributed by atoms with Crippen LogP contribution in [0.3, 0.4) is 0 Å². The van der Waals surface area contributed by atoms with E-state index >= 15 is 0 Å². The first-order valence-electron chi connectivity index (χ1n) is 9.63. The number of carbonyl (C=O) groups is 2. The Morgan fingerprint density at radius 2 is 1.15 bits per heavy atom. The maximum absolute atomic E-state index is 12.6. The molecule has 2 fully saturated rings. The summed E-state index contributed by atoms with van der Waals surface area (Å²) in [5.41, 5.74) is 1.10. The van der Waals surface area contributed by atoms with Crippen LogP contribution in [0.5, 0.6) is 0 Å². The summed E-state index contributed by atoms with van der Waals surface area (Å²) in [6.45, 7) is 0. The fraction of sp³-hybridized carbons (Fsp3) is 0.545. The second-order valence-corrected chi connectivity index (χ2v) is 8.64. The maximum Gasteiger partial charge on any atom is 0.334 e. The van der Waals surface area contributed by atoms with Crippen molar-refractivity contribution in [3.63, 3.8) is 0 Å². The molecule has 10 atom stereocenters. The molecular weight excluding hydrogens is 328 g/mol. The van der Waals surface area contributed by atoms with E-state index in [9.17, 15) is 9.59 Å². The smallest absolute Gasteiger partial charge is 0.334 e. The second-order valence-electron chi connectivity index (χ2n) is 8.64. The van der Waals surface area contributed by atoms with Gasteiger partial charge in [0.25, 0.3) is 0 Å². The van der Waals surface area contributed by atoms with Gasteiger partial charge in [-0.25, -0.2) is 9.59 Å². The summed E-state index contributed by atoms with van der Waals surface area (Å²) in [4.78, 5) is 25.2.